The van der Waals surface area contributed by atoms with Crippen LogP contribution in [0.4, 0.5) is 0 Å². The van der Waals surface area contributed by atoms with E-state index >= 15 is 0 Å². The van der Waals surface area contributed by atoms with Crippen molar-refractivity contribution in [1.29, 1.82) is 0 Å². The van der Waals surface area contributed by atoms with Gasteiger partial charge in [-0.3, -0.25) is 0 Å². The topological polar surface area (TPSA) is 62.0 Å². The molecule has 6 rings (SSSR count). The Morgan fingerprint density at radius 3 is 1.21 bits per heavy atom. The van der Waals surface area contributed by atoms with Gasteiger partial charge in [0.15, 0.2) is 0 Å². The summed E-state index contributed by atoms with van der Waals surface area (Å²) in [6.07, 6.45) is 6.31. The highest BCUT2D eigenvalue weighted by atomic mass is 16.6. The summed E-state index contributed by atoms with van der Waals surface area (Å²) in [4.78, 5) is 0. The van der Waals surface area contributed by atoms with Gasteiger partial charge >= 0.3 is 0 Å². The van der Waals surface area contributed by atoms with Crippen molar-refractivity contribution >= 4 is 0 Å². The molecule has 4 atom stereocenters. The molecule has 2 aliphatic rings. The number of hydrogen-bond donors (Lipinski definition) is 0. The Morgan fingerprint density at radius 1 is 0.468 bits per heavy atom. The first-order valence-corrected chi connectivity index (χ1v) is 17.2. The van der Waals surface area contributed by atoms with Crippen LogP contribution < -0.4 is 18.9 Å². The Bertz CT molecular complexity index is 1480. The summed E-state index contributed by atoms with van der Waals surface area (Å²) in [6.45, 7) is 8.82. The van der Waals surface area contributed by atoms with Gasteiger partial charge in [0.05, 0.1) is 39.1 Å². The second-order valence-corrected chi connectivity index (χ2v) is 12.7. The van der Waals surface area contributed by atoms with Crippen LogP contribution in [0.3, 0.4) is 0 Å². The average molecular weight is 637 g/mol. The minimum Gasteiger partial charge on any atom is -0.494 e. The molecule has 47 heavy (non-hydrogen) atoms. The fourth-order valence-electron chi connectivity index (χ4n) is 5.66. The summed E-state index contributed by atoms with van der Waals surface area (Å²) in [5, 5.41) is 0. The standard InChI is InChI=1S/C41H48O6/c1-30(32-8-16-36(17-9-32)42-24-5-3-4-7-40-27-46-40)33-10-18-37(19-11-33)43-25-6-26-44-38-20-12-34(13-21-38)31(2)35-14-22-39(23-15-35)45-28-41-29-47-41/h8-23,30-31,40-41H,3-7,24-29H2,1-2H3. The minimum atomic E-state index is 0.266. The second-order valence-electron chi connectivity index (χ2n) is 12.7. The van der Waals surface area contributed by atoms with Gasteiger partial charge in [-0.25, -0.2) is 0 Å². The van der Waals surface area contributed by atoms with Crippen molar-refractivity contribution in [3.05, 3.63) is 119 Å². The van der Waals surface area contributed by atoms with Crippen LogP contribution >= 0.6 is 0 Å². The fourth-order valence-corrected chi connectivity index (χ4v) is 5.66. The molecule has 0 bridgehead atoms. The monoisotopic (exact) mass is 636 g/mol. The third-order valence-corrected chi connectivity index (χ3v) is 9.03. The van der Waals surface area contributed by atoms with Gasteiger partial charge in [-0.2, -0.15) is 0 Å². The lowest BCUT2D eigenvalue weighted by molar-refractivity contribution is 0.247. The van der Waals surface area contributed by atoms with Gasteiger partial charge in [0.25, 0.3) is 0 Å². The zero-order valence-corrected chi connectivity index (χ0v) is 27.8. The van der Waals surface area contributed by atoms with Crippen LogP contribution in [-0.2, 0) is 9.47 Å². The average Bonchev–Trinajstić information content (AvgIpc) is 4.06. The van der Waals surface area contributed by atoms with E-state index in [1.165, 1.54) is 41.5 Å². The molecule has 0 saturated carbocycles. The van der Waals surface area contributed by atoms with Gasteiger partial charge in [-0.15, -0.1) is 0 Å². The highest BCUT2D eigenvalue weighted by molar-refractivity contribution is 5.39. The Labute approximate surface area is 279 Å². The first kappa shape index (κ1) is 32.9. The number of benzene rings is 4. The molecule has 6 nitrogen and oxygen atoms in total. The fraction of sp³-hybridized carbons (Fsp3) is 0.415. The number of hydrogen-bond acceptors (Lipinski definition) is 6. The number of rotatable bonds is 20. The van der Waals surface area contributed by atoms with Crippen LogP contribution in [0, 0.1) is 0 Å². The van der Waals surface area contributed by atoms with E-state index in [-0.39, 0.29) is 17.9 Å². The van der Waals surface area contributed by atoms with Crippen molar-refractivity contribution in [2.45, 2.75) is 70.0 Å². The Morgan fingerprint density at radius 2 is 0.830 bits per heavy atom. The van der Waals surface area contributed by atoms with Gasteiger partial charge in [0.2, 0.25) is 0 Å². The number of unbranched alkanes of at least 4 members (excludes halogenated alkanes) is 2. The molecule has 2 heterocycles. The van der Waals surface area contributed by atoms with Crippen molar-refractivity contribution in [1.82, 2.24) is 0 Å². The molecule has 4 aromatic rings. The molecular weight excluding hydrogens is 588 g/mol. The van der Waals surface area contributed by atoms with Crippen LogP contribution in [0.25, 0.3) is 0 Å². The molecule has 0 radical (unpaired) electrons. The van der Waals surface area contributed by atoms with Gasteiger partial charge < -0.3 is 28.4 Å². The summed E-state index contributed by atoms with van der Waals surface area (Å²) in [7, 11) is 0. The molecule has 0 amide bonds. The molecule has 2 aliphatic heterocycles. The van der Waals surface area contributed by atoms with Crippen molar-refractivity contribution in [3.63, 3.8) is 0 Å². The van der Waals surface area contributed by atoms with Gasteiger partial charge in [0.1, 0.15) is 35.7 Å². The molecular formula is C41H48O6. The molecule has 0 aromatic heterocycles. The zero-order chi connectivity index (χ0) is 32.3. The van der Waals surface area contributed by atoms with Crippen LogP contribution in [0.5, 0.6) is 23.0 Å². The summed E-state index contributed by atoms with van der Waals surface area (Å²) in [6, 6.07) is 33.7. The molecule has 248 valence electrons. The lowest BCUT2D eigenvalue weighted by atomic mass is 9.93. The summed E-state index contributed by atoms with van der Waals surface area (Å²) >= 11 is 0. The van der Waals surface area contributed by atoms with Gasteiger partial charge in [-0.1, -0.05) is 68.8 Å². The maximum atomic E-state index is 6.00. The van der Waals surface area contributed by atoms with Crippen molar-refractivity contribution in [2.24, 2.45) is 0 Å². The van der Waals surface area contributed by atoms with E-state index in [2.05, 4.69) is 98.8 Å². The van der Waals surface area contributed by atoms with Crippen LogP contribution in [-0.4, -0.2) is 51.8 Å². The van der Waals surface area contributed by atoms with E-state index in [0.717, 1.165) is 55.7 Å². The quantitative estimate of drug-likeness (QED) is 0.0713. The lowest BCUT2D eigenvalue weighted by Gasteiger charge is -2.15. The van der Waals surface area contributed by atoms with E-state index in [1.807, 2.05) is 12.1 Å². The van der Waals surface area contributed by atoms with E-state index in [0.29, 0.717) is 25.9 Å². The first-order valence-electron chi connectivity index (χ1n) is 17.2. The predicted octanol–water partition coefficient (Wildman–Crippen LogP) is 8.95. The normalized spacial score (nSPS) is 17.8. The Kier molecular flexibility index (Phi) is 11.7. The zero-order valence-electron chi connectivity index (χ0n) is 27.8. The summed E-state index contributed by atoms with van der Waals surface area (Å²) < 4.78 is 34.2. The molecule has 4 unspecified atom stereocenters. The molecule has 4 aromatic carbocycles. The third-order valence-electron chi connectivity index (χ3n) is 9.03. The largest absolute Gasteiger partial charge is 0.494 e. The number of ether oxygens (including phenoxy) is 6. The SMILES string of the molecule is CC(c1ccc(OCCCCCC2CO2)cc1)c1ccc(OCCCOc2ccc(C(C)c3ccc(OCC4CO4)cc3)cc2)cc1. The lowest BCUT2D eigenvalue weighted by Crippen LogP contribution is -2.05. The molecule has 0 spiro atoms. The van der Waals surface area contributed by atoms with E-state index in [4.69, 9.17) is 28.4 Å². The van der Waals surface area contributed by atoms with Crippen LogP contribution in [0.15, 0.2) is 97.1 Å². The van der Waals surface area contributed by atoms with Crippen molar-refractivity contribution < 1.29 is 28.4 Å². The second kappa shape index (κ2) is 16.7. The molecule has 6 heteroatoms. The molecule has 0 aliphatic carbocycles. The number of epoxide rings is 2. The maximum absolute atomic E-state index is 6.00. The van der Waals surface area contributed by atoms with Gasteiger partial charge in [-0.05, 0) is 90.0 Å². The first-order chi connectivity index (χ1) is 23.1. The highest BCUT2D eigenvalue weighted by Gasteiger charge is 2.23. The minimum absolute atomic E-state index is 0.266. The summed E-state index contributed by atoms with van der Waals surface area (Å²) in [5.74, 6) is 4.15. The smallest absolute Gasteiger partial charge is 0.119 e. The molecule has 2 saturated heterocycles. The maximum Gasteiger partial charge on any atom is 0.119 e. The van der Waals surface area contributed by atoms with Crippen molar-refractivity contribution in [2.75, 3.05) is 39.6 Å². The summed E-state index contributed by atoms with van der Waals surface area (Å²) in [5.41, 5.74) is 5.04. The highest BCUT2D eigenvalue weighted by Crippen LogP contribution is 2.29. The third kappa shape index (κ3) is 10.5. The Balaban J connectivity index is 0.860. The van der Waals surface area contributed by atoms with Crippen LogP contribution in [0.1, 0.15) is 80.0 Å². The molecule has 2 fully saturated rings. The van der Waals surface area contributed by atoms with E-state index in [9.17, 15) is 0 Å². The van der Waals surface area contributed by atoms with E-state index < -0.39 is 0 Å². The molecule has 0 N–H and O–H groups in total. The van der Waals surface area contributed by atoms with E-state index in [1.54, 1.807) is 0 Å². The Hall–Kier alpha value is -4.00. The predicted molar refractivity (Wildman–Crippen MR) is 185 cm³/mol. The van der Waals surface area contributed by atoms with Crippen molar-refractivity contribution in [3.8, 4) is 23.0 Å². The van der Waals surface area contributed by atoms with Crippen LogP contribution in [0.2, 0.25) is 0 Å². The van der Waals surface area contributed by atoms with Gasteiger partial charge in [0, 0.05) is 18.3 Å².